The van der Waals surface area contributed by atoms with E-state index in [4.69, 9.17) is 21.1 Å². The number of pyridine rings is 1. The van der Waals surface area contributed by atoms with Crippen LogP contribution in [0.5, 0.6) is 17.2 Å². The maximum absolute atomic E-state index is 6.01. The Balaban J connectivity index is 2.09. The number of hydrogen-bond acceptors (Lipinski definition) is 3. The van der Waals surface area contributed by atoms with E-state index >= 15 is 0 Å². The molecule has 3 rings (SSSR count). The monoisotopic (exact) mass is 313 g/mol. The zero-order valence-electron chi connectivity index (χ0n) is 12.5. The summed E-state index contributed by atoms with van der Waals surface area (Å²) >= 11 is 6.01. The second kappa shape index (κ2) is 6.24. The Morgan fingerprint density at radius 1 is 1.09 bits per heavy atom. The minimum absolute atomic E-state index is 0.645. The van der Waals surface area contributed by atoms with E-state index in [1.807, 2.05) is 30.3 Å². The van der Waals surface area contributed by atoms with Crippen molar-refractivity contribution >= 4 is 22.5 Å². The van der Waals surface area contributed by atoms with Gasteiger partial charge < -0.3 is 9.47 Å². The fourth-order valence-electron chi connectivity index (χ4n) is 2.41. The molecule has 0 saturated heterocycles. The number of ether oxygens (including phenoxy) is 2. The first-order chi connectivity index (χ1) is 10.7. The molecule has 3 nitrogen and oxygen atoms in total. The Morgan fingerprint density at radius 2 is 1.95 bits per heavy atom. The quantitative estimate of drug-likeness (QED) is 0.659. The molecule has 0 amide bonds. The van der Waals surface area contributed by atoms with Gasteiger partial charge >= 0.3 is 0 Å². The van der Waals surface area contributed by atoms with E-state index in [-0.39, 0.29) is 0 Å². The largest absolute Gasteiger partial charge is 0.496 e. The van der Waals surface area contributed by atoms with Crippen molar-refractivity contribution in [3.63, 3.8) is 0 Å². The molecule has 1 heterocycles. The number of hydrogen-bond donors (Lipinski definition) is 0. The minimum Gasteiger partial charge on any atom is -0.496 e. The van der Waals surface area contributed by atoms with Crippen molar-refractivity contribution in [3.05, 3.63) is 59.2 Å². The summed E-state index contributed by atoms with van der Waals surface area (Å²) in [6, 6.07) is 13.2. The molecule has 3 aromatic rings. The topological polar surface area (TPSA) is 31.4 Å². The smallest absolute Gasteiger partial charge is 0.138 e. The van der Waals surface area contributed by atoms with Crippen LogP contribution in [0.3, 0.4) is 0 Å². The lowest BCUT2D eigenvalue weighted by Crippen LogP contribution is -1.93. The van der Waals surface area contributed by atoms with Crippen LogP contribution in [-0.2, 0) is 6.42 Å². The molecule has 0 fully saturated rings. The first-order valence-electron chi connectivity index (χ1n) is 7.10. The molecule has 0 aliphatic heterocycles. The predicted octanol–water partition coefficient (Wildman–Crippen LogP) is 5.25. The van der Waals surface area contributed by atoms with E-state index in [0.29, 0.717) is 10.8 Å². The average Bonchev–Trinajstić information content (AvgIpc) is 2.54. The lowest BCUT2D eigenvalue weighted by atomic mass is 10.1. The van der Waals surface area contributed by atoms with Gasteiger partial charge in [0, 0.05) is 22.7 Å². The number of benzene rings is 2. The van der Waals surface area contributed by atoms with Gasteiger partial charge in [-0.05, 0) is 42.3 Å². The maximum Gasteiger partial charge on any atom is 0.138 e. The summed E-state index contributed by atoms with van der Waals surface area (Å²) in [4.78, 5) is 4.40. The van der Waals surface area contributed by atoms with E-state index in [1.54, 1.807) is 19.4 Å². The summed E-state index contributed by atoms with van der Waals surface area (Å²) in [5.41, 5.74) is 1.97. The average molecular weight is 314 g/mol. The predicted molar refractivity (Wildman–Crippen MR) is 89.2 cm³/mol. The minimum atomic E-state index is 0.645. The molecular formula is C18H16ClNO2. The lowest BCUT2D eigenvalue weighted by Gasteiger charge is -2.12. The molecule has 112 valence electrons. The third kappa shape index (κ3) is 2.85. The highest BCUT2D eigenvalue weighted by atomic mass is 35.5. The summed E-state index contributed by atoms with van der Waals surface area (Å²) in [5.74, 6) is 2.31. The van der Waals surface area contributed by atoms with Gasteiger partial charge in [-0.3, -0.25) is 4.98 Å². The van der Waals surface area contributed by atoms with Gasteiger partial charge in [0.25, 0.3) is 0 Å². The molecule has 1 aromatic heterocycles. The van der Waals surface area contributed by atoms with Crippen LogP contribution in [0.15, 0.2) is 48.7 Å². The Bertz CT molecular complexity index is 817. The van der Waals surface area contributed by atoms with Crippen LogP contribution in [0.25, 0.3) is 10.9 Å². The van der Waals surface area contributed by atoms with Gasteiger partial charge in [0.15, 0.2) is 0 Å². The molecule has 0 saturated carbocycles. The molecule has 0 aliphatic rings. The first kappa shape index (κ1) is 14.7. The molecule has 0 aliphatic carbocycles. The Labute approximate surface area is 134 Å². The van der Waals surface area contributed by atoms with Crippen molar-refractivity contribution in [1.82, 2.24) is 4.98 Å². The van der Waals surface area contributed by atoms with Crippen molar-refractivity contribution in [1.29, 1.82) is 0 Å². The summed E-state index contributed by atoms with van der Waals surface area (Å²) in [6.07, 6.45) is 2.61. The number of fused-ring (bicyclic) bond motifs is 1. The molecule has 0 radical (unpaired) electrons. The summed E-state index contributed by atoms with van der Waals surface area (Å²) < 4.78 is 11.4. The molecule has 22 heavy (non-hydrogen) atoms. The molecule has 0 N–H and O–H groups in total. The Kier molecular flexibility index (Phi) is 4.16. The van der Waals surface area contributed by atoms with Crippen LogP contribution in [0.2, 0.25) is 5.02 Å². The molecule has 0 unspecified atom stereocenters. The maximum atomic E-state index is 6.01. The van der Waals surface area contributed by atoms with Gasteiger partial charge in [0.05, 0.1) is 12.6 Å². The third-order valence-electron chi connectivity index (χ3n) is 3.51. The number of halogens is 1. The Morgan fingerprint density at radius 3 is 2.68 bits per heavy atom. The van der Waals surface area contributed by atoms with Crippen LogP contribution in [0, 0.1) is 0 Å². The SMILES string of the molecule is CCc1cc2c(Oc3cccc(Cl)c3)ccnc2cc1OC. The normalized spacial score (nSPS) is 10.7. The molecule has 0 bridgehead atoms. The fourth-order valence-corrected chi connectivity index (χ4v) is 2.59. The summed E-state index contributed by atoms with van der Waals surface area (Å²) in [6.45, 7) is 2.09. The van der Waals surface area contributed by atoms with Crippen molar-refractivity contribution < 1.29 is 9.47 Å². The van der Waals surface area contributed by atoms with Crippen LogP contribution >= 0.6 is 11.6 Å². The van der Waals surface area contributed by atoms with Gasteiger partial charge in [0.1, 0.15) is 17.2 Å². The van der Waals surface area contributed by atoms with Crippen molar-refractivity contribution in [2.24, 2.45) is 0 Å². The van der Waals surface area contributed by atoms with Crippen molar-refractivity contribution in [3.8, 4) is 17.2 Å². The van der Waals surface area contributed by atoms with Crippen LogP contribution in [-0.4, -0.2) is 12.1 Å². The van der Waals surface area contributed by atoms with Gasteiger partial charge in [-0.1, -0.05) is 24.6 Å². The van der Waals surface area contributed by atoms with E-state index in [1.165, 1.54) is 0 Å². The van der Waals surface area contributed by atoms with E-state index in [2.05, 4.69) is 18.0 Å². The summed E-state index contributed by atoms with van der Waals surface area (Å²) in [7, 11) is 1.67. The Hall–Kier alpha value is -2.26. The van der Waals surface area contributed by atoms with Gasteiger partial charge in [-0.15, -0.1) is 0 Å². The van der Waals surface area contributed by atoms with Gasteiger partial charge in [0.2, 0.25) is 0 Å². The van der Waals surface area contributed by atoms with Gasteiger partial charge in [-0.25, -0.2) is 0 Å². The highest BCUT2D eigenvalue weighted by Crippen LogP contribution is 2.33. The molecular weight excluding hydrogens is 298 g/mol. The van der Waals surface area contributed by atoms with Gasteiger partial charge in [-0.2, -0.15) is 0 Å². The zero-order valence-corrected chi connectivity index (χ0v) is 13.2. The number of aryl methyl sites for hydroxylation is 1. The lowest BCUT2D eigenvalue weighted by molar-refractivity contribution is 0.410. The fraction of sp³-hybridized carbons (Fsp3) is 0.167. The second-order valence-corrected chi connectivity index (χ2v) is 5.34. The number of methoxy groups -OCH3 is 1. The van der Waals surface area contributed by atoms with E-state index in [0.717, 1.165) is 34.4 Å². The standard InChI is InChI=1S/C18H16ClNO2/c1-3-12-9-15-16(11-18(12)21-2)20-8-7-17(15)22-14-6-4-5-13(19)10-14/h4-11H,3H2,1-2H3. The zero-order chi connectivity index (χ0) is 15.5. The van der Waals surface area contributed by atoms with Crippen LogP contribution in [0.4, 0.5) is 0 Å². The number of nitrogens with zero attached hydrogens (tertiary/aromatic N) is 1. The highest BCUT2D eigenvalue weighted by Gasteiger charge is 2.10. The van der Waals surface area contributed by atoms with E-state index < -0.39 is 0 Å². The molecule has 0 atom stereocenters. The molecule has 2 aromatic carbocycles. The van der Waals surface area contributed by atoms with E-state index in [9.17, 15) is 0 Å². The number of aromatic nitrogens is 1. The van der Waals surface area contributed by atoms with Crippen LogP contribution < -0.4 is 9.47 Å². The number of rotatable bonds is 4. The summed E-state index contributed by atoms with van der Waals surface area (Å²) in [5, 5.41) is 1.60. The second-order valence-electron chi connectivity index (χ2n) is 4.90. The van der Waals surface area contributed by atoms with Crippen LogP contribution in [0.1, 0.15) is 12.5 Å². The highest BCUT2D eigenvalue weighted by molar-refractivity contribution is 6.30. The van der Waals surface area contributed by atoms with Crippen molar-refractivity contribution in [2.75, 3.05) is 7.11 Å². The first-order valence-corrected chi connectivity index (χ1v) is 7.48. The molecule has 4 heteroatoms. The third-order valence-corrected chi connectivity index (χ3v) is 3.74. The van der Waals surface area contributed by atoms with Crippen molar-refractivity contribution in [2.45, 2.75) is 13.3 Å². The molecule has 0 spiro atoms.